The molecule has 1 aromatic heterocycles. The summed E-state index contributed by atoms with van der Waals surface area (Å²) in [6.45, 7) is 4.77. The highest BCUT2D eigenvalue weighted by Gasteiger charge is 2.27. The zero-order valence-corrected chi connectivity index (χ0v) is 12.0. The summed E-state index contributed by atoms with van der Waals surface area (Å²) in [7, 11) is 0. The number of nitriles is 2. The minimum atomic E-state index is -0.0328. The van der Waals surface area contributed by atoms with E-state index in [1.165, 1.54) is 12.0 Å². The minimum Gasteiger partial charge on any atom is -0.297 e. The van der Waals surface area contributed by atoms with Crippen molar-refractivity contribution in [2.24, 2.45) is 5.92 Å². The Bertz CT molecular complexity index is 507. The van der Waals surface area contributed by atoms with Crippen molar-refractivity contribution in [2.45, 2.75) is 45.2 Å². The number of nitrogens with zero attached hydrogens (tertiary/aromatic N) is 5. The summed E-state index contributed by atoms with van der Waals surface area (Å²) in [6.07, 6.45) is 7.43. The Morgan fingerprint density at radius 1 is 1.50 bits per heavy atom. The van der Waals surface area contributed by atoms with Crippen molar-refractivity contribution in [1.82, 2.24) is 14.7 Å². The Morgan fingerprint density at radius 3 is 3.00 bits per heavy atom. The van der Waals surface area contributed by atoms with Gasteiger partial charge in [0.25, 0.3) is 0 Å². The van der Waals surface area contributed by atoms with Gasteiger partial charge < -0.3 is 0 Å². The van der Waals surface area contributed by atoms with E-state index in [1.54, 1.807) is 0 Å². The Labute approximate surface area is 120 Å². The fraction of sp³-hybridized carbons (Fsp3) is 0.667. The highest BCUT2D eigenvalue weighted by Crippen LogP contribution is 2.21. The van der Waals surface area contributed by atoms with Gasteiger partial charge in [0.2, 0.25) is 0 Å². The standard InChI is InChI=1S/C15H21N5/c1-13-9-18-20(10-13)12-15-5-3-7-19(15)11-14(8-17)4-2-6-16/h9-10,14-15H,2-5,7,11-12H2,1H3. The monoisotopic (exact) mass is 271 g/mol. The summed E-state index contributed by atoms with van der Waals surface area (Å²) >= 11 is 0. The van der Waals surface area contributed by atoms with Crippen LogP contribution in [0.4, 0.5) is 0 Å². The fourth-order valence-corrected chi connectivity index (χ4v) is 2.84. The Balaban J connectivity index is 1.90. The molecule has 0 saturated carbocycles. The lowest BCUT2D eigenvalue weighted by atomic mass is 10.0. The normalized spacial score (nSPS) is 20.4. The highest BCUT2D eigenvalue weighted by atomic mass is 15.3. The molecular formula is C15H21N5. The largest absolute Gasteiger partial charge is 0.297 e. The lowest BCUT2D eigenvalue weighted by molar-refractivity contribution is 0.206. The maximum atomic E-state index is 9.19. The molecule has 1 aliphatic heterocycles. The average Bonchev–Trinajstić information content (AvgIpc) is 3.04. The van der Waals surface area contributed by atoms with Crippen LogP contribution in [0.25, 0.3) is 0 Å². The molecular weight excluding hydrogens is 250 g/mol. The second kappa shape index (κ2) is 7.07. The zero-order valence-electron chi connectivity index (χ0n) is 12.0. The molecule has 106 valence electrons. The van der Waals surface area contributed by atoms with Crippen LogP contribution in [0.5, 0.6) is 0 Å². The molecule has 0 aromatic carbocycles. The third kappa shape index (κ3) is 3.82. The molecule has 0 spiro atoms. The molecule has 1 fully saturated rings. The Morgan fingerprint density at radius 2 is 2.35 bits per heavy atom. The summed E-state index contributed by atoms with van der Waals surface area (Å²) in [5.41, 5.74) is 1.18. The molecule has 5 nitrogen and oxygen atoms in total. The van der Waals surface area contributed by atoms with Crippen molar-refractivity contribution < 1.29 is 0 Å². The van der Waals surface area contributed by atoms with Gasteiger partial charge >= 0.3 is 0 Å². The maximum absolute atomic E-state index is 9.19. The summed E-state index contributed by atoms with van der Waals surface area (Å²) in [5, 5.41) is 22.2. The number of hydrogen-bond acceptors (Lipinski definition) is 4. The smallest absolute Gasteiger partial charge is 0.0669 e. The molecule has 20 heavy (non-hydrogen) atoms. The van der Waals surface area contributed by atoms with Gasteiger partial charge in [0.05, 0.1) is 30.8 Å². The molecule has 0 bridgehead atoms. The lowest BCUT2D eigenvalue weighted by Crippen LogP contribution is -2.36. The van der Waals surface area contributed by atoms with Crippen molar-refractivity contribution >= 4 is 0 Å². The first-order valence-electron chi connectivity index (χ1n) is 7.22. The van der Waals surface area contributed by atoms with Crippen molar-refractivity contribution in [3.05, 3.63) is 18.0 Å². The van der Waals surface area contributed by atoms with E-state index < -0.39 is 0 Å². The van der Waals surface area contributed by atoms with Gasteiger partial charge in [0.1, 0.15) is 0 Å². The predicted molar refractivity (Wildman–Crippen MR) is 75.5 cm³/mol. The molecule has 1 saturated heterocycles. The second-order valence-electron chi connectivity index (χ2n) is 5.55. The lowest BCUT2D eigenvalue weighted by Gasteiger charge is -2.26. The van der Waals surface area contributed by atoms with Gasteiger partial charge in [-0.2, -0.15) is 15.6 Å². The van der Waals surface area contributed by atoms with Crippen molar-refractivity contribution in [3.63, 3.8) is 0 Å². The van der Waals surface area contributed by atoms with Crippen LogP contribution >= 0.6 is 0 Å². The first-order chi connectivity index (χ1) is 9.72. The van der Waals surface area contributed by atoms with Crippen molar-refractivity contribution in [2.75, 3.05) is 13.1 Å². The number of hydrogen-bond donors (Lipinski definition) is 0. The molecule has 2 unspecified atom stereocenters. The first kappa shape index (κ1) is 14.6. The first-order valence-corrected chi connectivity index (χ1v) is 7.22. The van der Waals surface area contributed by atoms with Crippen LogP contribution in [-0.4, -0.2) is 33.8 Å². The molecule has 2 heterocycles. The van der Waals surface area contributed by atoms with E-state index in [2.05, 4.69) is 28.3 Å². The Kier molecular flexibility index (Phi) is 5.15. The van der Waals surface area contributed by atoms with Crippen LogP contribution in [0.2, 0.25) is 0 Å². The van der Waals surface area contributed by atoms with E-state index in [0.29, 0.717) is 18.9 Å². The topological polar surface area (TPSA) is 68.6 Å². The summed E-state index contributed by atoms with van der Waals surface area (Å²) < 4.78 is 2.00. The van der Waals surface area contributed by atoms with Crippen molar-refractivity contribution in [3.8, 4) is 12.1 Å². The van der Waals surface area contributed by atoms with Crippen LogP contribution in [0, 0.1) is 35.5 Å². The molecule has 1 aliphatic rings. The van der Waals surface area contributed by atoms with Crippen LogP contribution in [0.3, 0.4) is 0 Å². The second-order valence-corrected chi connectivity index (χ2v) is 5.55. The molecule has 0 aliphatic carbocycles. The fourth-order valence-electron chi connectivity index (χ4n) is 2.84. The molecule has 0 N–H and O–H groups in total. The molecule has 5 heteroatoms. The van der Waals surface area contributed by atoms with Crippen molar-refractivity contribution in [1.29, 1.82) is 10.5 Å². The van der Waals surface area contributed by atoms with Crippen LogP contribution in [0.15, 0.2) is 12.4 Å². The highest BCUT2D eigenvalue weighted by molar-refractivity contribution is 5.00. The zero-order chi connectivity index (χ0) is 14.4. The van der Waals surface area contributed by atoms with E-state index in [9.17, 15) is 5.26 Å². The molecule has 0 amide bonds. The van der Waals surface area contributed by atoms with Gasteiger partial charge in [-0.1, -0.05) is 0 Å². The number of rotatable bonds is 6. The minimum absolute atomic E-state index is 0.0328. The third-order valence-corrected chi connectivity index (χ3v) is 3.90. The molecule has 1 aromatic rings. The summed E-state index contributed by atoms with van der Waals surface area (Å²) in [4.78, 5) is 2.39. The van der Waals surface area contributed by atoms with Gasteiger partial charge in [-0.15, -0.1) is 0 Å². The predicted octanol–water partition coefficient (Wildman–Crippen LogP) is 2.10. The van der Waals surface area contributed by atoms with Crippen LogP contribution in [0.1, 0.15) is 31.2 Å². The average molecular weight is 271 g/mol. The van der Waals surface area contributed by atoms with Gasteiger partial charge in [-0.05, 0) is 38.3 Å². The van der Waals surface area contributed by atoms with E-state index in [-0.39, 0.29) is 5.92 Å². The number of aryl methyl sites for hydroxylation is 1. The quantitative estimate of drug-likeness (QED) is 0.794. The van der Waals surface area contributed by atoms with Gasteiger partial charge in [-0.25, -0.2) is 0 Å². The molecule has 0 radical (unpaired) electrons. The van der Waals surface area contributed by atoms with E-state index >= 15 is 0 Å². The van der Waals surface area contributed by atoms with E-state index in [4.69, 9.17) is 5.26 Å². The summed E-state index contributed by atoms with van der Waals surface area (Å²) in [6, 6.07) is 4.93. The number of aromatic nitrogens is 2. The molecule has 2 atom stereocenters. The maximum Gasteiger partial charge on any atom is 0.0669 e. The SMILES string of the molecule is Cc1cnn(CC2CCCN2CC(C#N)CCC#N)c1. The van der Waals surface area contributed by atoms with Gasteiger partial charge in [0.15, 0.2) is 0 Å². The van der Waals surface area contributed by atoms with E-state index in [0.717, 1.165) is 26.1 Å². The van der Waals surface area contributed by atoms with E-state index in [1.807, 2.05) is 17.8 Å². The summed E-state index contributed by atoms with van der Waals surface area (Å²) in [5.74, 6) is -0.0328. The van der Waals surface area contributed by atoms with Crippen LogP contribution < -0.4 is 0 Å². The van der Waals surface area contributed by atoms with Gasteiger partial charge in [0, 0.05) is 25.2 Å². The third-order valence-electron chi connectivity index (χ3n) is 3.90. The number of likely N-dealkylation sites (tertiary alicyclic amines) is 1. The Hall–Kier alpha value is -1.85. The van der Waals surface area contributed by atoms with Crippen LogP contribution in [-0.2, 0) is 6.54 Å². The molecule has 2 rings (SSSR count). The van der Waals surface area contributed by atoms with Gasteiger partial charge in [-0.3, -0.25) is 9.58 Å².